The van der Waals surface area contributed by atoms with E-state index in [1.54, 1.807) is 18.0 Å². The molecule has 0 aliphatic heterocycles. The number of benzene rings is 1. The molecule has 106 valence electrons. The Labute approximate surface area is 128 Å². The van der Waals surface area contributed by atoms with E-state index in [0.29, 0.717) is 27.3 Å². The van der Waals surface area contributed by atoms with Gasteiger partial charge in [0.05, 0.1) is 20.8 Å². The fraction of sp³-hybridized carbons (Fsp3) is 0.462. The first-order valence-electron chi connectivity index (χ1n) is 6.12. The molecule has 1 aromatic carbocycles. The van der Waals surface area contributed by atoms with E-state index < -0.39 is 0 Å². The van der Waals surface area contributed by atoms with Gasteiger partial charge in [-0.2, -0.15) is 0 Å². The lowest BCUT2D eigenvalue weighted by atomic mass is 10.2. The summed E-state index contributed by atoms with van der Waals surface area (Å²) < 4.78 is 0. The molecule has 0 bridgehead atoms. The van der Waals surface area contributed by atoms with Crippen LogP contribution in [0.15, 0.2) is 12.1 Å². The molecule has 0 aromatic heterocycles. The lowest BCUT2D eigenvalue weighted by Gasteiger charge is -2.18. The van der Waals surface area contributed by atoms with Crippen molar-refractivity contribution < 1.29 is 4.79 Å². The second kappa shape index (κ2) is 7.83. The van der Waals surface area contributed by atoms with Crippen LogP contribution in [0.1, 0.15) is 26.2 Å². The predicted molar refractivity (Wildman–Crippen MR) is 82.6 cm³/mol. The van der Waals surface area contributed by atoms with Crippen molar-refractivity contribution in [2.45, 2.75) is 26.2 Å². The Morgan fingerprint density at radius 2 is 1.79 bits per heavy atom. The SMILES string of the molecule is CCCCCN(C)C(=O)Nc1cc(Cl)c(Cl)cc1Cl. The van der Waals surface area contributed by atoms with E-state index >= 15 is 0 Å². The summed E-state index contributed by atoms with van der Waals surface area (Å²) in [5.41, 5.74) is 0.461. The van der Waals surface area contributed by atoms with Gasteiger partial charge in [0.2, 0.25) is 0 Å². The average molecular weight is 324 g/mol. The lowest BCUT2D eigenvalue weighted by Crippen LogP contribution is -2.32. The van der Waals surface area contributed by atoms with Crippen molar-refractivity contribution in [3.8, 4) is 0 Å². The number of rotatable bonds is 5. The summed E-state index contributed by atoms with van der Waals surface area (Å²) in [6.07, 6.45) is 3.20. The molecule has 0 saturated carbocycles. The van der Waals surface area contributed by atoms with Crippen molar-refractivity contribution in [3.63, 3.8) is 0 Å². The van der Waals surface area contributed by atoms with Gasteiger partial charge in [-0.25, -0.2) is 4.79 Å². The summed E-state index contributed by atoms with van der Waals surface area (Å²) in [5.74, 6) is 0. The van der Waals surface area contributed by atoms with Gasteiger partial charge in [0.25, 0.3) is 0 Å². The number of carbonyl (C=O) groups excluding carboxylic acids is 1. The highest BCUT2D eigenvalue weighted by Crippen LogP contribution is 2.32. The zero-order valence-electron chi connectivity index (χ0n) is 11.0. The van der Waals surface area contributed by atoms with Crippen LogP contribution in [-0.4, -0.2) is 24.5 Å². The van der Waals surface area contributed by atoms with Crippen molar-refractivity contribution in [2.24, 2.45) is 0 Å². The Balaban J connectivity index is 2.64. The van der Waals surface area contributed by atoms with Crippen molar-refractivity contribution in [1.82, 2.24) is 4.90 Å². The van der Waals surface area contributed by atoms with Crippen LogP contribution in [-0.2, 0) is 0 Å². The fourth-order valence-corrected chi connectivity index (χ4v) is 2.12. The van der Waals surface area contributed by atoms with Gasteiger partial charge in [-0.05, 0) is 18.6 Å². The molecule has 1 rings (SSSR count). The Bertz CT molecular complexity index is 452. The van der Waals surface area contributed by atoms with Gasteiger partial charge in [0, 0.05) is 13.6 Å². The maximum atomic E-state index is 11.9. The number of hydrogen-bond donors (Lipinski definition) is 1. The van der Waals surface area contributed by atoms with E-state index in [1.165, 1.54) is 6.07 Å². The van der Waals surface area contributed by atoms with Crippen LogP contribution >= 0.6 is 34.8 Å². The van der Waals surface area contributed by atoms with Crippen LogP contribution < -0.4 is 5.32 Å². The highest BCUT2D eigenvalue weighted by atomic mass is 35.5. The van der Waals surface area contributed by atoms with Crippen LogP contribution in [0.3, 0.4) is 0 Å². The molecule has 3 nitrogen and oxygen atoms in total. The number of carbonyl (C=O) groups is 1. The number of nitrogens with one attached hydrogen (secondary N) is 1. The summed E-state index contributed by atoms with van der Waals surface area (Å²) >= 11 is 17.7. The van der Waals surface area contributed by atoms with Crippen molar-refractivity contribution >= 4 is 46.5 Å². The highest BCUT2D eigenvalue weighted by Gasteiger charge is 2.12. The Hall–Kier alpha value is -0.640. The van der Waals surface area contributed by atoms with E-state index in [-0.39, 0.29) is 6.03 Å². The zero-order valence-corrected chi connectivity index (χ0v) is 13.2. The number of unbranched alkanes of at least 4 members (excludes halogenated alkanes) is 2. The highest BCUT2D eigenvalue weighted by molar-refractivity contribution is 6.44. The molecule has 0 spiro atoms. The maximum Gasteiger partial charge on any atom is 0.321 e. The van der Waals surface area contributed by atoms with Crippen LogP contribution in [0.4, 0.5) is 10.5 Å². The standard InChI is InChI=1S/C13H17Cl3N2O/c1-3-4-5-6-18(2)13(19)17-12-8-10(15)9(14)7-11(12)16/h7-8H,3-6H2,1-2H3,(H,17,19). The van der Waals surface area contributed by atoms with E-state index in [1.807, 2.05) is 0 Å². The average Bonchev–Trinajstić information content (AvgIpc) is 2.36. The molecule has 0 saturated heterocycles. The normalized spacial score (nSPS) is 10.4. The molecular weight excluding hydrogens is 307 g/mol. The number of halogens is 3. The summed E-state index contributed by atoms with van der Waals surface area (Å²) in [4.78, 5) is 13.6. The monoisotopic (exact) mass is 322 g/mol. The molecule has 1 aromatic rings. The molecule has 0 aliphatic rings. The van der Waals surface area contributed by atoms with Crippen LogP contribution in [0.2, 0.25) is 15.1 Å². The zero-order chi connectivity index (χ0) is 14.4. The molecular formula is C13H17Cl3N2O. The van der Waals surface area contributed by atoms with Gasteiger partial charge in [0.1, 0.15) is 0 Å². The Morgan fingerprint density at radius 3 is 2.42 bits per heavy atom. The third-order valence-electron chi connectivity index (χ3n) is 2.70. The van der Waals surface area contributed by atoms with Crippen molar-refractivity contribution in [1.29, 1.82) is 0 Å². The predicted octanol–water partition coefficient (Wildman–Crippen LogP) is 5.30. The van der Waals surface area contributed by atoms with Gasteiger partial charge in [-0.1, -0.05) is 54.6 Å². The summed E-state index contributed by atoms with van der Waals surface area (Å²) in [5, 5.41) is 3.80. The smallest absolute Gasteiger partial charge is 0.321 e. The van der Waals surface area contributed by atoms with E-state index in [0.717, 1.165) is 19.3 Å². The van der Waals surface area contributed by atoms with Crippen molar-refractivity contribution in [2.75, 3.05) is 18.9 Å². The van der Waals surface area contributed by atoms with Gasteiger partial charge in [-0.3, -0.25) is 0 Å². The van der Waals surface area contributed by atoms with Crippen LogP contribution in [0.25, 0.3) is 0 Å². The van der Waals surface area contributed by atoms with Gasteiger partial charge in [0.15, 0.2) is 0 Å². The molecule has 6 heteroatoms. The summed E-state index contributed by atoms with van der Waals surface area (Å²) in [6.45, 7) is 2.83. The summed E-state index contributed by atoms with van der Waals surface area (Å²) in [7, 11) is 1.75. The first-order valence-corrected chi connectivity index (χ1v) is 7.25. The van der Waals surface area contributed by atoms with E-state index in [2.05, 4.69) is 12.2 Å². The molecule has 0 heterocycles. The van der Waals surface area contributed by atoms with Gasteiger partial charge >= 0.3 is 6.03 Å². The third-order valence-corrected chi connectivity index (χ3v) is 3.73. The number of anilines is 1. The minimum absolute atomic E-state index is 0.212. The van der Waals surface area contributed by atoms with E-state index in [9.17, 15) is 4.79 Å². The third kappa shape index (κ3) is 5.09. The van der Waals surface area contributed by atoms with Crippen LogP contribution in [0.5, 0.6) is 0 Å². The molecule has 2 amide bonds. The molecule has 0 unspecified atom stereocenters. The lowest BCUT2D eigenvalue weighted by molar-refractivity contribution is 0.221. The minimum atomic E-state index is -0.212. The molecule has 0 aliphatic carbocycles. The second-order valence-corrected chi connectivity index (χ2v) is 5.53. The number of amides is 2. The molecule has 19 heavy (non-hydrogen) atoms. The first kappa shape index (κ1) is 16.4. The quantitative estimate of drug-likeness (QED) is 0.578. The van der Waals surface area contributed by atoms with Gasteiger partial charge < -0.3 is 10.2 Å². The molecule has 0 fully saturated rings. The molecule has 1 N–H and O–H groups in total. The largest absolute Gasteiger partial charge is 0.328 e. The maximum absolute atomic E-state index is 11.9. The molecule has 0 atom stereocenters. The molecule has 0 radical (unpaired) electrons. The minimum Gasteiger partial charge on any atom is -0.328 e. The fourth-order valence-electron chi connectivity index (χ4n) is 1.53. The number of urea groups is 1. The van der Waals surface area contributed by atoms with Crippen LogP contribution in [0, 0.1) is 0 Å². The first-order chi connectivity index (χ1) is 8.95. The van der Waals surface area contributed by atoms with Crippen molar-refractivity contribution in [3.05, 3.63) is 27.2 Å². The number of nitrogens with zero attached hydrogens (tertiary/aromatic N) is 1. The van der Waals surface area contributed by atoms with Gasteiger partial charge in [-0.15, -0.1) is 0 Å². The van der Waals surface area contributed by atoms with E-state index in [4.69, 9.17) is 34.8 Å². The second-order valence-electron chi connectivity index (χ2n) is 4.30. The Kier molecular flexibility index (Phi) is 6.76. The topological polar surface area (TPSA) is 32.3 Å². The summed E-state index contributed by atoms with van der Waals surface area (Å²) in [6, 6.07) is 2.85. The number of hydrogen-bond acceptors (Lipinski definition) is 1. The Morgan fingerprint density at radius 1 is 1.16 bits per heavy atom.